The van der Waals surface area contributed by atoms with Crippen LogP contribution in [0.3, 0.4) is 0 Å². The lowest BCUT2D eigenvalue weighted by molar-refractivity contribution is 0.0723. The third-order valence-electron chi connectivity index (χ3n) is 3.39. The maximum absolute atomic E-state index is 6.27. The fraction of sp³-hybridized carbons (Fsp3) is 0.643. The van der Waals surface area contributed by atoms with Gasteiger partial charge in [-0.3, -0.25) is 4.98 Å². The van der Waals surface area contributed by atoms with Gasteiger partial charge in [0.1, 0.15) is 5.75 Å². The molecule has 1 saturated heterocycles. The van der Waals surface area contributed by atoms with Crippen LogP contribution in [0.2, 0.25) is 0 Å². The second-order valence-corrected chi connectivity index (χ2v) is 4.93. The van der Waals surface area contributed by atoms with Crippen molar-refractivity contribution in [3.8, 4) is 5.75 Å². The van der Waals surface area contributed by atoms with Crippen LogP contribution in [0, 0.1) is 5.92 Å². The lowest BCUT2D eigenvalue weighted by Gasteiger charge is -2.22. The summed E-state index contributed by atoms with van der Waals surface area (Å²) in [5.74, 6) is 1.29. The minimum absolute atomic E-state index is 0.0909. The van der Waals surface area contributed by atoms with Crippen molar-refractivity contribution < 1.29 is 9.47 Å². The molecule has 4 heteroatoms. The first kappa shape index (κ1) is 13.3. The third kappa shape index (κ3) is 3.00. The highest BCUT2D eigenvalue weighted by molar-refractivity contribution is 5.26. The summed E-state index contributed by atoms with van der Waals surface area (Å²) in [5, 5.41) is 0. The summed E-state index contributed by atoms with van der Waals surface area (Å²) >= 11 is 0. The first-order chi connectivity index (χ1) is 8.72. The van der Waals surface area contributed by atoms with Gasteiger partial charge in [-0.15, -0.1) is 0 Å². The van der Waals surface area contributed by atoms with Gasteiger partial charge in [-0.25, -0.2) is 0 Å². The Morgan fingerprint density at radius 2 is 2.39 bits per heavy atom. The summed E-state index contributed by atoms with van der Waals surface area (Å²) in [6.07, 6.45) is 5.69. The molecular weight excluding hydrogens is 228 g/mol. The molecule has 2 N–H and O–H groups in total. The molecule has 3 atom stereocenters. The zero-order chi connectivity index (χ0) is 13.0. The first-order valence-corrected chi connectivity index (χ1v) is 6.67. The first-order valence-electron chi connectivity index (χ1n) is 6.67. The normalized spacial score (nSPS) is 25.1. The fourth-order valence-electron chi connectivity index (χ4n) is 2.28. The molecule has 2 rings (SSSR count). The Morgan fingerprint density at radius 1 is 1.56 bits per heavy atom. The summed E-state index contributed by atoms with van der Waals surface area (Å²) < 4.78 is 11.3. The monoisotopic (exact) mass is 250 g/mol. The smallest absolute Gasteiger partial charge is 0.137 e. The van der Waals surface area contributed by atoms with E-state index in [0.29, 0.717) is 12.5 Å². The summed E-state index contributed by atoms with van der Waals surface area (Å²) in [6.45, 7) is 5.77. The minimum atomic E-state index is -0.125. The molecule has 18 heavy (non-hydrogen) atoms. The van der Waals surface area contributed by atoms with E-state index in [2.05, 4.69) is 18.8 Å². The zero-order valence-corrected chi connectivity index (χ0v) is 11.1. The lowest BCUT2D eigenvalue weighted by atomic mass is 9.94. The molecule has 0 radical (unpaired) electrons. The topological polar surface area (TPSA) is 57.4 Å². The Labute approximate surface area is 108 Å². The number of hydrogen-bond acceptors (Lipinski definition) is 4. The molecule has 0 bridgehead atoms. The van der Waals surface area contributed by atoms with Gasteiger partial charge in [-0.2, -0.15) is 0 Å². The second-order valence-electron chi connectivity index (χ2n) is 4.93. The SMILES string of the molecule is CCCOc1cncc(C(N)C2OCCC2C)c1. The predicted molar refractivity (Wildman–Crippen MR) is 70.5 cm³/mol. The fourth-order valence-corrected chi connectivity index (χ4v) is 2.28. The molecule has 4 nitrogen and oxygen atoms in total. The molecular formula is C14H22N2O2. The molecule has 0 aromatic carbocycles. The molecule has 100 valence electrons. The van der Waals surface area contributed by atoms with Gasteiger partial charge in [0.15, 0.2) is 0 Å². The average Bonchev–Trinajstić information content (AvgIpc) is 2.82. The highest BCUT2D eigenvalue weighted by Crippen LogP contribution is 2.30. The Morgan fingerprint density at radius 3 is 3.06 bits per heavy atom. The van der Waals surface area contributed by atoms with Gasteiger partial charge in [0, 0.05) is 12.8 Å². The van der Waals surface area contributed by atoms with Crippen LogP contribution in [0.1, 0.15) is 38.3 Å². The average molecular weight is 250 g/mol. The molecule has 0 aliphatic carbocycles. The molecule has 1 aromatic heterocycles. The molecule has 1 aliphatic heterocycles. The van der Waals surface area contributed by atoms with Gasteiger partial charge >= 0.3 is 0 Å². The van der Waals surface area contributed by atoms with Crippen LogP contribution in [0.4, 0.5) is 0 Å². The molecule has 0 saturated carbocycles. The largest absolute Gasteiger partial charge is 0.492 e. The molecule has 1 aliphatic rings. The van der Waals surface area contributed by atoms with Crippen LogP contribution in [-0.4, -0.2) is 24.3 Å². The van der Waals surface area contributed by atoms with E-state index in [4.69, 9.17) is 15.2 Å². The Bertz CT molecular complexity index is 384. The molecule has 2 heterocycles. The van der Waals surface area contributed by atoms with Crippen molar-refractivity contribution in [2.75, 3.05) is 13.2 Å². The summed E-state index contributed by atoms with van der Waals surface area (Å²) in [7, 11) is 0. The van der Waals surface area contributed by atoms with Gasteiger partial charge < -0.3 is 15.2 Å². The Kier molecular flexibility index (Phi) is 4.55. The molecule has 1 aromatic rings. The van der Waals surface area contributed by atoms with Gasteiger partial charge in [-0.05, 0) is 30.4 Å². The van der Waals surface area contributed by atoms with E-state index in [1.807, 2.05) is 6.07 Å². The quantitative estimate of drug-likeness (QED) is 0.871. The number of pyridine rings is 1. The Balaban J connectivity index is 2.07. The highest BCUT2D eigenvalue weighted by atomic mass is 16.5. The van der Waals surface area contributed by atoms with Crippen LogP contribution in [0.25, 0.3) is 0 Å². The van der Waals surface area contributed by atoms with E-state index in [0.717, 1.165) is 30.8 Å². The van der Waals surface area contributed by atoms with Crippen LogP contribution in [0.5, 0.6) is 5.75 Å². The van der Waals surface area contributed by atoms with E-state index >= 15 is 0 Å². The van der Waals surface area contributed by atoms with Gasteiger partial charge in [0.05, 0.1) is 24.9 Å². The van der Waals surface area contributed by atoms with Crippen molar-refractivity contribution in [2.24, 2.45) is 11.7 Å². The van der Waals surface area contributed by atoms with Crippen LogP contribution < -0.4 is 10.5 Å². The molecule has 0 spiro atoms. The lowest BCUT2D eigenvalue weighted by Crippen LogP contribution is -2.29. The number of hydrogen-bond donors (Lipinski definition) is 1. The molecule has 3 unspecified atom stereocenters. The number of nitrogens with two attached hydrogens (primary N) is 1. The molecule has 1 fully saturated rings. The van der Waals surface area contributed by atoms with Crippen molar-refractivity contribution in [3.63, 3.8) is 0 Å². The maximum Gasteiger partial charge on any atom is 0.137 e. The van der Waals surface area contributed by atoms with Gasteiger partial charge in [0.2, 0.25) is 0 Å². The number of rotatable bonds is 5. The van der Waals surface area contributed by atoms with E-state index in [9.17, 15) is 0 Å². The van der Waals surface area contributed by atoms with Crippen molar-refractivity contribution in [2.45, 2.75) is 38.8 Å². The minimum Gasteiger partial charge on any atom is -0.492 e. The molecule has 0 amide bonds. The van der Waals surface area contributed by atoms with Crippen molar-refractivity contribution in [1.82, 2.24) is 4.98 Å². The standard InChI is InChI=1S/C14H22N2O2/c1-3-5-17-12-7-11(8-16-9-12)13(15)14-10(2)4-6-18-14/h7-10,13-14H,3-6,15H2,1-2H3. The van der Waals surface area contributed by atoms with E-state index in [-0.39, 0.29) is 12.1 Å². The van der Waals surface area contributed by atoms with Crippen LogP contribution in [-0.2, 0) is 4.74 Å². The summed E-state index contributed by atoms with van der Waals surface area (Å²) in [4.78, 5) is 4.19. The van der Waals surface area contributed by atoms with Crippen molar-refractivity contribution >= 4 is 0 Å². The number of ether oxygens (including phenoxy) is 2. The van der Waals surface area contributed by atoms with Crippen LogP contribution in [0.15, 0.2) is 18.5 Å². The maximum atomic E-state index is 6.27. The number of aromatic nitrogens is 1. The van der Waals surface area contributed by atoms with E-state index in [1.165, 1.54) is 0 Å². The Hall–Kier alpha value is -1.13. The van der Waals surface area contributed by atoms with E-state index < -0.39 is 0 Å². The van der Waals surface area contributed by atoms with Gasteiger partial charge in [-0.1, -0.05) is 13.8 Å². The van der Waals surface area contributed by atoms with Gasteiger partial charge in [0.25, 0.3) is 0 Å². The third-order valence-corrected chi connectivity index (χ3v) is 3.39. The number of nitrogens with zero attached hydrogens (tertiary/aromatic N) is 1. The van der Waals surface area contributed by atoms with Crippen molar-refractivity contribution in [3.05, 3.63) is 24.0 Å². The van der Waals surface area contributed by atoms with E-state index in [1.54, 1.807) is 12.4 Å². The van der Waals surface area contributed by atoms with Crippen LogP contribution >= 0.6 is 0 Å². The second kappa shape index (κ2) is 6.16. The summed E-state index contributed by atoms with van der Waals surface area (Å²) in [6, 6.07) is 1.85. The summed E-state index contributed by atoms with van der Waals surface area (Å²) in [5.41, 5.74) is 7.26. The van der Waals surface area contributed by atoms with Crippen molar-refractivity contribution in [1.29, 1.82) is 0 Å². The zero-order valence-electron chi connectivity index (χ0n) is 11.1. The highest BCUT2D eigenvalue weighted by Gasteiger charge is 2.31. The predicted octanol–water partition coefficient (Wildman–Crippen LogP) is 2.30.